The van der Waals surface area contributed by atoms with Crippen molar-refractivity contribution in [3.63, 3.8) is 0 Å². The molecule has 0 aliphatic heterocycles. The first kappa shape index (κ1) is 11.5. The second-order valence-electron chi connectivity index (χ2n) is 4.42. The highest BCUT2D eigenvalue weighted by atomic mass is 16.6. The first-order valence-corrected chi connectivity index (χ1v) is 5.55. The Morgan fingerprint density at radius 1 is 1.29 bits per heavy atom. The van der Waals surface area contributed by atoms with Crippen molar-refractivity contribution < 1.29 is 9.72 Å². The number of rotatable bonds is 2. The maximum Gasteiger partial charge on any atom is 0.276 e. The van der Waals surface area contributed by atoms with Crippen molar-refractivity contribution >= 4 is 17.0 Å². The Balaban J connectivity index is 2.47. The lowest BCUT2D eigenvalue weighted by molar-refractivity contribution is -0.385. The summed E-state index contributed by atoms with van der Waals surface area (Å²) in [4.78, 5) is 22.0. The highest BCUT2D eigenvalue weighted by Crippen LogP contribution is 2.33. The van der Waals surface area contributed by atoms with Crippen LogP contribution in [0.15, 0.2) is 30.3 Å². The molecule has 1 aliphatic rings. The van der Waals surface area contributed by atoms with Crippen LogP contribution < -0.4 is 0 Å². The molecule has 0 saturated carbocycles. The van der Waals surface area contributed by atoms with E-state index < -0.39 is 4.92 Å². The number of benzene rings is 1. The molecule has 0 amide bonds. The third kappa shape index (κ3) is 2.41. The number of carbonyl (C=O) groups excluding carboxylic acids is 1. The smallest absolute Gasteiger partial charge is 0.276 e. The maximum atomic E-state index is 11.5. The first-order chi connectivity index (χ1) is 8.08. The molecule has 0 spiro atoms. The predicted molar refractivity (Wildman–Crippen MR) is 64.5 cm³/mol. The number of hydrogen-bond donors (Lipinski definition) is 0. The second-order valence-corrected chi connectivity index (χ2v) is 4.42. The molecule has 17 heavy (non-hydrogen) atoms. The fraction of sp³-hybridized carbons (Fsp3) is 0.308. The normalized spacial score (nSPS) is 19.9. The zero-order chi connectivity index (χ0) is 12.4. The zero-order valence-corrected chi connectivity index (χ0v) is 9.55. The van der Waals surface area contributed by atoms with Gasteiger partial charge in [0.05, 0.1) is 10.5 Å². The van der Waals surface area contributed by atoms with Crippen LogP contribution in [0.5, 0.6) is 0 Å². The first-order valence-electron chi connectivity index (χ1n) is 5.55. The molecule has 0 heterocycles. The Kier molecular flexibility index (Phi) is 3.04. The molecule has 0 bridgehead atoms. The summed E-state index contributed by atoms with van der Waals surface area (Å²) >= 11 is 0. The van der Waals surface area contributed by atoms with Crippen LogP contribution in [-0.4, -0.2) is 10.7 Å². The van der Waals surface area contributed by atoms with E-state index in [2.05, 4.69) is 0 Å². The Morgan fingerprint density at radius 2 is 2.00 bits per heavy atom. The molecule has 4 heteroatoms. The van der Waals surface area contributed by atoms with Crippen molar-refractivity contribution in [3.8, 4) is 0 Å². The molecule has 88 valence electrons. The molecule has 1 unspecified atom stereocenters. The van der Waals surface area contributed by atoms with Crippen molar-refractivity contribution in [2.75, 3.05) is 0 Å². The summed E-state index contributed by atoms with van der Waals surface area (Å²) in [5.74, 6) is 0.305. The van der Waals surface area contributed by atoms with Gasteiger partial charge >= 0.3 is 0 Å². The van der Waals surface area contributed by atoms with Crippen LogP contribution in [-0.2, 0) is 4.79 Å². The molecule has 1 aromatic carbocycles. The highest BCUT2D eigenvalue weighted by molar-refractivity contribution is 5.99. The maximum absolute atomic E-state index is 11.5. The van der Waals surface area contributed by atoms with Crippen LogP contribution >= 0.6 is 0 Å². The van der Waals surface area contributed by atoms with E-state index in [9.17, 15) is 14.9 Å². The quantitative estimate of drug-likeness (QED) is 0.580. The summed E-state index contributed by atoms with van der Waals surface area (Å²) in [6, 6.07) is 6.57. The Hall–Kier alpha value is -1.97. The second kappa shape index (κ2) is 4.49. The molecule has 0 N–H and O–H groups in total. The van der Waals surface area contributed by atoms with Gasteiger partial charge in [0.25, 0.3) is 5.69 Å². The Labute approximate surface area is 99.1 Å². The summed E-state index contributed by atoms with van der Waals surface area (Å²) < 4.78 is 0. The van der Waals surface area contributed by atoms with Crippen molar-refractivity contribution in [3.05, 3.63) is 46.0 Å². The number of carbonyl (C=O) groups is 1. The standard InChI is InChI=1S/C13H13NO3/c1-9-6-10(8-11(15)7-9)12-4-2-3-5-13(12)14(16)17/h2-5,8-9H,6-7H2,1H3. The van der Waals surface area contributed by atoms with Gasteiger partial charge in [-0.15, -0.1) is 0 Å². The molecule has 0 saturated heterocycles. The van der Waals surface area contributed by atoms with E-state index in [1.54, 1.807) is 24.3 Å². The minimum atomic E-state index is -0.403. The van der Waals surface area contributed by atoms with Crippen molar-refractivity contribution in [2.24, 2.45) is 5.92 Å². The average Bonchev–Trinajstić information content (AvgIpc) is 2.27. The fourth-order valence-electron chi connectivity index (χ4n) is 2.20. The molecule has 0 aromatic heterocycles. The molecular formula is C13H13NO3. The van der Waals surface area contributed by atoms with Gasteiger partial charge in [-0.3, -0.25) is 14.9 Å². The molecule has 1 aliphatic carbocycles. The average molecular weight is 231 g/mol. The van der Waals surface area contributed by atoms with Crippen molar-refractivity contribution in [1.82, 2.24) is 0 Å². The number of allylic oxidation sites excluding steroid dienone is 2. The predicted octanol–water partition coefficient (Wildman–Crippen LogP) is 2.98. The van der Waals surface area contributed by atoms with Gasteiger partial charge in [-0.1, -0.05) is 19.1 Å². The van der Waals surface area contributed by atoms with E-state index in [0.717, 1.165) is 12.0 Å². The van der Waals surface area contributed by atoms with Crippen LogP contribution in [0.25, 0.3) is 5.57 Å². The fourth-order valence-corrected chi connectivity index (χ4v) is 2.20. The molecule has 4 nitrogen and oxygen atoms in total. The van der Waals surface area contributed by atoms with Gasteiger partial charge in [0.1, 0.15) is 0 Å². The van der Waals surface area contributed by atoms with Crippen LogP contribution in [0.3, 0.4) is 0 Å². The third-order valence-electron chi connectivity index (χ3n) is 2.90. The van der Waals surface area contributed by atoms with Crippen LogP contribution in [0.4, 0.5) is 5.69 Å². The third-order valence-corrected chi connectivity index (χ3v) is 2.90. The number of nitro benzene ring substituents is 1. The largest absolute Gasteiger partial charge is 0.295 e. The van der Waals surface area contributed by atoms with Crippen LogP contribution in [0.1, 0.15) is 25.3 Å². The molecule has 1 aromatic rings. The summed E-state index contributed by atoms with van der Waals surface area (Å²) in [6.07, 6.45) is 2.79. The lowest BCUT2D eigenvalue weighted by Gasteiger charge is -2.18. The van der Waals surface area contributed by atoms with Gasteiger partial charge in [0, 0.05) is 12.5 Å². The lowest BCUT2D eigenvalue weighted by Crippen LogP contribution is -2.11. The summed E-state index contributed by atoms with van der Waals surface area (Å²) in [5.41, 5.74) is 1.42. The monoisotopic (exact) mass is 231 g/mol. The van der Waals surface area contributed by atoms with Gasteiger partial charge in [-0.05, 0) is 30.1 Å². The van der Waals surface area contributed by atoms with E-state index in [1.807, 2.05) is 6.92 Å². The minimum Gasteiger partial charge on any atom is -0.295 e. The summed E-state index contributed by atoms with van der Waals surface area (Å²) in [6.45, 7) is 1.99. The molecular weight excluding hydrogens is 218 g/mol. The zero-order valence-electron chi connectivity index (χ0n) is 9.55. The molecule has 0 fully saturated rings. The molecule has 1 atom stereocenters. The Bertz CT molecular complexity index is 505. The van der Waals surface area contributed by atoms with Crippen LogP contribution in [0, 0.1) is 16.0 Å². The number of hydrogen-bond acceptors (Lipinski definition) is 3. The van der Waals surface area contributed by atoms with Gasteiger partial charge in [0.2, 0.25) is 0 Å². The van der Waals surface area contributed by atoms with Gasteiger partial charge < -0.3 is 0 Å². The molecule has 0 radical (unpaired) electrons. The van der Waals surface area contributed by atoms with Gasteiger partial charge in [0.15, 0.2) is 5.78 Å². The van der Waals surface area contributed by atoms with Crippen molar-refractivity contribution in [1.29, 1.82) is 0 Å². The number of nitro groups is 1. The van der Waals surface area contributed by atoms with E-state index in [-0.39, 0.29) is 17.4 Å². The number of nitrogens with zero attached hydrogens (tertiary/aromatic N) is 1. The van der Waals surface area contributed by atoms with E-state index in [1.165, 1.54) is 6.07 Å². The summed E-state index contributed by atoms with van der Waals surface area (Å²) in [7, 11) is 0. The van der Waals surface area contributed by atoms with Crippen molar-refractivity contribution in [2.45, 2.75) is 19.8 Å². The van der Waals surface area contributed by atoms with E-state index in [0.29, 0.717) is 12.0 Å². The van der Waals surface area contributed by atoms with Gasteiger partial charge in [-0.2, -0.15) is 0 Å². The lowest BCUT2D eigenvalue weighted by atomic mass is 9.85. The highest BCUT2D eigenvalue weighted by Gasteiger charge is 2.22. The minimum absolute atomic E-state index is 0.0527. The Morgan fingerprint density at radius 3 is 2.65 bits per heavy atom. The van der Waals surface area contributed by atoms with Gasteiger partial charge in [-0.25, -0.2) is 0 Å². The van der Waals surface area contributed by atoms with Crippen LogP contribution in [0.2, 0.25) is 0 Å². The number of ketones is 1. The molecule has 2 rings (SSSR count). The van der Waals surface area contributed by atoms with E-state index in [4.69, 9.17) is 0 Å². The SMILES string of the molecule is CC1CC(=O)C=C(c2ccccc2[N+](=O)[O-])C1. The topological polar surface area (TPSA) is 60.2 Å². The van der Waals surface area contributed by atoms with E-state index >= 15 is 0 Å². The number of para-hydroxylation sites is 1. The summed E-state index contributed by atoms with van der Waals surface area (Å²) in [5, 5.41) is 10.9.